The van der Waals surface area contributed by atoms with E-state index in [0.717, 1.165) is 18.7 Å². The third-order valence-electron chi connectivity index (χ3n) is 3.17. The van der Waals surface area contributed by atoms with E-state index < -0.39 is 0 Å². The molecule has 0 atom stereocenters. The van der Waals surface area contributed by atoms with Crippen molar-refractivity contribution in [2.45, 2.75) is 25.2 Å². The lowest BCUT2D eigenvalue weighted by Crippen LogP contribution is -2.26. The van der Waals surface area contributed by atoms with E-state index in [1.54, 1.807) is 0 Å². The van der Waals surface area contributed by atoms with Crippen LogP contribution in [0.2, 0.25) is 0 Å². The van der Waals surface area contributed by atoms with Crippen molar-refractivity contribution in [1.29, 1.82) is 0 Å². The monoisotopic (exact) mass is 207 g/mol. The zero-order valence-electron chi connectivity index (χ0n) is 9.01. The first-order valence-electron chi connectivity index (χ1n) is 5.75. The number of hydrogen-bond donors (Lipinski definition) is 1. The maximum atomic E-state index is 12.1. The van der Waals surface area contributed by atoms with Gasteiger partial charge in [0.2, 0.25) is 0 Å². The van der Waals surface area contributed by atoms with Gasteiger partial charge >= 0.3 is 0 Å². The second kappa shape index (κ2) is 5.26. The van der Waals surface area contributed by atoms with Gasteiger partial charge in [-0.15, -0.1) is 0 Å². The first-order chi connectivity index (χ1) is 7.40. The first kappa shape index (κ1) is 10.6. The van der Waals surface area contributed by atoms with Crippen LogP contribution in [0.1, 0.15) is 29.9 Å². The fraction of sp³-hybridized carbons (Fsp3) is 0.538. The van der Waals surface area contributed by atoms with Crippen molar-refractivity contribution < 1.29 is 4.39 Å². The zero-order valence-corrected chi connectivity index (χ0v) is 9.01. The standard InChI is InChI=1S/C13H18FN/c14-8-5-11-1-3-12(4-2-11)13-6-9-15-10-7-13/h1-4,13,15H,5-10H2. The Bertz CT molecular complexity index is 288. The van der Waals surface area contributed by atoms with Gasteiger partial charge in [0.1, 0.15) is 0 Å². The van der Waals surface area contributed by atoms with E-state index in [9.17, 15) is 4.39 Å². The number of benzene rings is 1. The summed E-state index contributed by atoms with van der Waals surface area (Å²) in [5, 5.41) is 3.37. The Morgan fingerprint density at radius 1 is 1.13 bits per heavy atom. The number of alkyl halides is 1. The topological polar surface area (TPSA) is 12.0 Å². The van der Waals surface area contributed by atoms with Crippen LogP contribution < -0.4 is 5.32 Å². The normalized spacial score (nSPS) is 17.9. The molecule has 82 valence electrons. The van der Waals surface area contributed by atoms with Crippen LogP contribution >= 0.6 is 0 Å². The molecule has 0 radical (unpaired) electrons. The highest BCUT2D eigenvalue weighted by Gasteiger charge is 2.14. The summed E-state index contributed by atoms with van der Waals surface area (Å²) in [6, 6.07) is 8.47. The van der Waals surface area contributed by atoms with Gasteiger partial charge in [0.05, 0.1) is 6.67 Å². The first-order valence-corrected chi connectivity index (χ1v) is 5.75. The van der Waals surface area contributed by atoms with Crippen LogP contribution in [0.4, 0.5) is 4.39 Å². The van der Waals surface area contributed by atoms with Crippen LogP contribution in [-0.2, 0) is 6.42 Å². The molecule has 0 unspecified atom stereocenters. The Balaban J connectivity index is 2.02. The predicted octanol–water partition coefficient (Wildman–Crippen LogP) is 2.67. The lowest BCUT2D eigenvalue weighted by molar-refractivity contribution is 0.460. The molecule has 0 aliphatic carbocycles. The summed E-state index contributed by atoms with van der Waals surface area (Å²) < 4.78 is 12.1. The summed E-state index contributed by atoms with van der Waals surface area (Å²) >= 11 is 0. The molecule has 0 aromatic heterocycles. The fourth-order valence-electron chi connectivity index (χ4n) is 2.22. The van der Waals surface area contributed by atoms with Crippen molar-refractivity contribution in [3.63, 3.8) is 0 Å². The maximum absolute atomic E-state index is 12.1. The SMILES string of the molecule is FCCc1ccc(C2CCNCC2)cc1. The minimum absolute atomic E-state index is 0.257. The molecular weight excluding hydrogens is 189 g/mol. The van der Waals surface area contributed by atoms with E-state index in [-0.39, 0.29) is 6.67 Å². The number of halogens is 1. The lowest BCUT2D eigenvalue weighted by atomic mass is 9.90. The summed E-state index contributed by atoms with van der Waals surface area (Å²) in [4.78, 5) is 0. The second-order valence-corrected chi connectivity index (χ2v) is 4.20. The molecule has 1 fully saturated rings. The largest absolute Gasteiger partial charge is 0.317 e. The predicted molar refractivity (Wildman–Crippen MR) is 61.0 cm³/mol. The molecule has 1 N–H and O–H groups in total. The smallest absolute Gasteiger partial charge is 0.0934 e. The average molecular weight is 207 g/mol. The number of rotatable bonds is 3. The highest BCUT2D eigenvalue weighted by Crippen LogP contribution is 2.25. The summed E-state index contributed by atoms with van der Waals surface area (Å²) in [5.74, 6) is 0.700. The van der Waals surface area contributed by atoms with Crippen LogP contribution in [-0.4, -0.2) is 19.8 Å². The third kappa shape index (κ3) is 2.78. The molecule has 1 aliphatic rings. The Hall–Kier alpha value is -0.890. The lowest BCUT2D eigenvalue weighted by Gasteiger charge is -2.23. The van der Waals surface area contributed by atoms with Gasteiger partial charge in [0, 0.05) is 6.42 Å². The van der Waals surface area contributed by atoms with Gasteiger partial charge in [0.25, 0.3) is 0 Å². The van der Waals surface area contributed by atoms with Crippen molar-refractivity contribution in [3.05, 3.63) is 35.4 Å². The number of nitrogens with one attached hydrogen (secondary N) is 1. The molecule has 0 spiro atoms. The van der Waals surface area contributed by atoms with Crippen LogP contribution in [0.3, 0.4) is 0 Å². The highest BCUT2D eigenvalue weighted by atomic mass is 19.1. The van der Waals surface area contributed by atoms with Crippen molar-refractivity contribution in [3.8, 4) is 0 Å². The number of hydrogen-bond acceptors (Lipinski definition) is 1. The Morgan fingerprint density at radius 3 is 2.40 bits per heavy atom. The molecule has 0 bridgehead atoms. The maximum Gasteiger partial charge on any atom is 0.0934 e. The minimum Gasteiger partial charge on any atom is -0.317 e. The van der Waals surface area contributed by atoms with E-state index in [0.29, 0.717) is 12.3 Å². The summed E-state index contributed by atoms with van der Waals surface area (Å²) in [7, 11) is 0. The second-order valence-electron chi connectivity index (χ2n) is 4.20. The molecule has 1 nitrogen and oxygen atoms in total. The fourth-order valence-corrected chi connectivity index (χ4v) is 2.22. The van der Waals surface area contributed by atoms with Crippen molar-refractivity contribution in [2.75, 3.05) is 19.8 Å². The van der Waals surface area contributed by atoms with E-state index in [1.807, 2.05) is 0 Å². The molecule has 1 aliphatic heterocycles. The van der Waals surface area contributed by atoms with E-state index in [4.69, 9.17) is 0 Å². The molecule has 2 heteroatoms. The molecule has 1 aromatic rings. The van der Waals surface area contributed by atoms with E-state index >= 15 is 0 Å². The zero-order chi connectivity index (χ0) is 10.5. The van der Waals surface area contributed by atoms with Crippen LogP contribution in [0.15, 0.2) is 24.3 Å². The third-order valence-corrected chi connectivity index (χ3v) is 3.17. The van der Waals surface area contributed by atoms with Crippen LogP contribution in [0.5, 0.6) is 0 Å². The van der Waals surface area contributed by atoms with E-state index in [2.05, 4.69) is 29.6 Å². The Kier molecular flexibility index (Phi) is 3.73. The Morgan fingerprint density at radius 2 is 1.80 bits per heavy atom. The minimum atomic E-state index is -0.257. The Labute approximate surface area is 90.7 Å². The highest BCUT2D eigenvalue weighted by molar-refractivity contribution is 5.26. The summed E-state index contributed by atoms with van der Waals surface area (Å²) in [6.45, 7) is 1.99. The van der Waals surface area contributed by atoms with Gasteiger partial charge in [-0.2, -0.15) is 0 Å². The molecule has 2 rings (SSSR count). The average Bonchev–Trinajstić information content (AvgIpc) is 2.32. The van der Waals surface area contributed by atoms with Crippen LogP contribution in [0.25, 0.3) is 0 Å². The molecule has 0 amide bonds. The number of piperidine rings is 1. The molecule has 15 heavy (non-hydrogen) atoms. The van der Waals surface area contributed by atoms with Crippen LogP contribution in [0, 0.1) is 0 Å². The van der Waals surface area contributed by atoms with Gasteiger partial charge in [-0.05, 0) is 43.0 Å². The summed E-state index contributed by atoms with van der Waals surface area (Å²) in [5.41, 5.74) is 2.52. The van der Waals surface area contributed by atoms with E-state index in [1.165, 1.54) is 18.4 Å². The van der Waals surface area contributed by atoms with Crippen molar-refractivity contribution >= 4 is 0 Å². The van der Waals surface area contributed by atoms with Gasteiger partial charge in [-0.1, -0.05) is 24.3 Å². The number of aryl methyl sites for hydroxylation is 1. The molecule has 0 saturated carbocycles. The van der Waals surface area contributed by atoms with Gasteiger partial charge in [-0.3, -0.25) is 4.39 Å². The van der Waals surface area contributed by atoms with Gasteiger partial charge in [-0.25, -0.2) is 0 Å². The van der Waals surface area contributed by atoms with Crippen molar-refractivity contribution in [1.82, 2.24) is 5.32 Å². The quantitative estimate of drug-likeness (QED) is 0.803. The summed E-state index contributed by atoms with van der Waals surface area (Å²) in [6.07, 6.45) is 3.00. The molecule has 1 aromatic carbocycles. The molecule has 1 saturated heterocycles. The molecular formula is C13H18FN. The van der Waals surface area contributed by atoms with Gasteiger partial charge < -0.3 is 5.32 Å². The van der Waals surface area contributed by atoms with Gasteiger partial charge in [0.15, 0.2) is 0 Å². The molecule has 1 heterocycles. The van der Waals surface area contributed by atoms with Crippen molar-refractivity contribution in [2.24, 2.45) is 0 Å².